The third kappa shape index (κ3) is 3.80. The molecule has 0 spiro atoms. The van der Waals surface area contributed by atoms with Gasteiger partial charge in [-0.2, -0.15) is 0 Å². The molecule has 0 fully saturated rings. The summed E-state index contributed by atoms with van der Waals surface area (Å²) in [5.41, 5.74) is 1.14. The number of nitrogens with one attached hydrogen (secondary N) is 1. The standard InChI is InChI=1S/C14H15ClFNS/c1-17-12(9-13-6-7-14(15)18-13)8-10-2-4-11(16)5-3-10/h2-7,12,17H,8-9H2,1H3. The zero-order valence-corrected chi connectivity index (χ0v) is 11.7. The maximum atomic E-state index is 12.8. The predicted molar refractivity (Wildman–Crippen MR) is 76.0 cm³/mol. The largest absolute Gasteiger partial charge is 0.316 e. The number of likely N-dealkylation sites (N-methyl/N-ethyl adjacent to an activating group) is 1. The predicted octanol–water partition coefficient (Wildman–Crippen LogP) is 3.91. The molecule has 4 heteroatoms. The lowest BCUT2D eigenvalue weighted by atomic mass is 10.0. The molecule has 2 aromatic rings. The molecular formula is C14H15ClFNS. The van der Waals surface area contributed by atoms with E-state index in [2.05, 4.69) is 11.4 Å². The Bertz CT molecular complexity index is 495. The first-order chi connectivity index (χ1) is 8.67. The molecule has 0 aliphatic carbocycles. The van der Waals surface area contributed by atoms with Crippen LogP contribution >= 0.6 is 22.9 Å². The van der Waals surface area contributed by atoms with Crippen molar-refractivity contribution in [2.75, 3.05) is 7.05 Å². The summed E-state index contributed by atoms with van der Waals surface area (Å²) in [7, 11) is 1.95. The van der Waals surface area contributed by atoms with E-state index in [0.29, 0.717) is 6.04 Å². The van der Waals surface area contributed by atoms with Gasteiger partial charge in [0.2, 0.25) is 0 Å². The number of rotatable bonds is 5. The Morgan fingerprint density at radius 2 is 1.89 bits per heavy atom. The summed E-state index contributed by atoms with van der Waals surface area (Å²) in [6.45, 7) is 0. The van der Waals surface area contributed by atoms with Crippen LogP contribution in [0.5, 0.6) is 0 Å². The minimum atomic E-state index is -0.190. The molecule has 0 radical (unpaired) electrons. The Hall–Kier alpha value is -0.900. The van der Waals surface area contributed by atoms with Gasteiger partial charge in [-0.3, -0.25) is 0 Å². The van der Waals surface area contributed by atoms with Crippen molar-refractivity contribution in [3.8, 4) is 0 Å². The van der Waals surface area contributed by atoms with Crippen molar-refractivity contribution >= 4 is 22.9 Å². The molecule has 1 N–H and O–H groups in total. The molecule has 1 nitrogen and oxygen atoms in total. The lowest BCUT2D eigenvalue weighted by molar-refractivity contribution is 0.559. The monoisotopic (exact) mass is 283 g/mol. The first kappa shape index (κ1) is 13.5. The van der Waals surface area contributed by atoms with E-state index >= 15 is 0 Å². The highest BCUT2D eigenvalue weighted by Crippen LogP contribution is 2.23. The molecule has 0 amide bonds. The van der Waals surface area contributed by atoms with Crippen LogP contribution in [0.2, 0.25) is 4.34 Å². The van der Waals surface area contributed by atoms with Crippen LogP contribution in [0.3, 0.4) is 0 Å². The number of halogens is 2. The second kappa shape index (κ2) is 6.32. The van der Waals surface area contributed by atoms with E-state index in [9.17, 15) is 4.39 Å². The molecule has 1 aromatic carbocycles. The summed E-state index contributed by atoms with van der Waals surface area (Å²) in [6.07, 6.45) is 1.82. The summed E-state index contributed by atoms with van der Waals surface area (Å²) in [5, 5.41) is 3.29. The van der Waals surface area contributed by atoms with E-state index in [1.165, 1.54) is 17.0 Å². The molecular weight excluding hydrogens is 269 g/mol. The second-order valence-electron chi connectivity index (χ2n) is 4.23. The van der Waals surface area contributed by atoms with Gasteiger partial charge in [0.25, 0.3) is 0 Å². The van der Waals surface area contributed by atoms with Gasteiger partial charge in [-0.15, -0.1) is 11.3 Å². The summed E-state index contributed by atoms with van der Waals surface area (Å²) in [5.74, 6) is -0.190. The fraction of sp³-hybridized carbons (Fsp3) is 0.286. The number of hydrogen-bond donors (Lipinski definition) is 1. The zero-order chi connectivity index (χ0) is 13.0. The van der Waals surface area contributed by atoms with Crippen LogP contribution in [0.4, 0.5) is 4.39 Å². The van der Waals surface area contributed by atoms with Crippen LogP contribution in [0, 0.1) is 5.82 Å². The Morgan fingerprint density at radius 1 is 1.17 bits per heavy atom. The number of thiophene rings is 1. The molecule has 2 rings (SSSR count). The molecule has 1 atom stereocenters. The van der Waals surface area contributed by atoms with Gasteiger partial charge >= 0.3 is 0 Å². The average molecular weight is 284 g/mol. The van der Waals surface area contributed by atoms with E-state index in [4.69, 9.17) is 11.6 Å². The molecule has 0 saturated carbocycles. The third-order valence-electron chi connectivity index (χ3n) is 2.88. The summed E-state index contributed by atoms with van der Waals surface area (Å²) in [4.78, 5) is 1.27. The highest BCUT2D eigenvalue weighted by Gasteiger charge is 2.10. The summed E-state index contributed by atoms with van der Waals surface area (Å²) in [6, 6.07) is 11.0. The topological polar surface area (TPSA) is 12.0 Å². The van der Waals surface area contributed by atoms with Crippen molar-refractivity contribution in [1.82, 2.24) is 5.32 Å². The van der Waals surface area contributed by atoms with Gasteiger partial charge in [-0.05, 0) is 49.7 Å². The second-order valence-corrected chi connectivity index (χ2v) is 6.03. The quantitative estimate of drug-likeness (QED) is 0.877. The first-order valence-electron chi connectivity index (χ1n) is 5.83. The zero-order valence-electron chi connectivity index (χ0n) is 10.1. The lowest BCUT2D eigenvalue weighted by Gasteiger charge is -2.15. The van der Waals surface area contributed by atoms with Crippen LogP contribution in [-0.4, -0.2) is 13.1 Å². The molecule has 0 aliphatic rings. The van der Waals surface area contributed by atoms with E-state index in [0.717, 1.165) is 22.7 Å². The fourth-order valence-electron chi connectivity index (χ4n) is 1.89. The minimum absolute atomic E-state index is 0.190. The van der Waals surface area contributed by atoms with Crippen LogP contribution in [0.15, 0.2) is 36.4 Å². The smallest absolute Gasteiger partial charge is 0.123 e. The SMILES string of the molecule is CNC(Cc1ccc(F)cc1)Cc1ccc(Cl)s1. The Balaban J connectivity index is 1.99. The minimum Gasteiger partial charge on any atom is -0.316 e. The highest BCUT2D eigenvalue weighted by molar-refractivity contribution is 7.16. The average Bonchev–Trinajstić information content (AvgIpc) is 2.77. The van der Waals surface area contributed by atoms with E-state index in [1.54, 1.807) is 11.3 Å². The Kier molecular flexibility index (Phi) is 4.75. The molecule has 96 valence electrons. The van der Waals surface area contributed by atoms with Crippen molar-refractivity contribution in [3.63, 3.8) is 0 Å². The molecule has 1 aromatic heterocycles. The van der Waals surface area contributed by atoms with Crippen LogP contribution in [0.1, 0.15) is 10.4 Å². The third-order valence-corrected chi connectivity index (χ3v) is 4.13. The molecule has 0 saturated heterocycles. The summed E-state index contributed by atoms with van der Waals surface area (Å²) < 4.78 is 13.6. The highest BCUT2D eigenvalue weighted by atomic mass is 35.5. The number of benzene rings is 1. The molecule has 18 heavy (non-hydrogen) atoms. The molecule has 0 bridgehead atoms. The van der Waals surface area contributed by atoms with Gasteiger partial charge < -0.3 is 5.32 Å². The molecule has 1 unspecified atom stereocenters. The van der Waals surface area contributed by atoms with Crippen molar-refractivity contribution in [2.45, 2.75) is 18.9 Å². The van der Waals surface area contributed by atoms with E-state index in [1.807, 2.05) is 25.2 Å². The van der Waals surface area contributed by atoms with Crippen molar-refractivity contribution in [1.29, 1.82) is 0 Å². The number of hydrogen-bond acceptors (Lipinski definition) is 2. The van der Waals surface area contributed by atoms with Gasteiger partial charge in [0.05, 0.1) is 4.34 Å². The van der Waals surface area contributed by atoms with Gasteiger partial charge in [-0.25, -0.2) is 4.39 Å². The Labute approximate surface area is 116 Å². The van der Waals surface area contributed by atoms with Crippen molar-refractivity contribution in [2.24, 2.45) is 0 Å². The normalized spacial score (nSPS) is 12.6. The van der Waals surface area contributed by atoms with Gasteiger partial charge in [0.15, 0.2) is 0 Å². The fourth-order valence-corrected chi connectivity index (χ4v) is 3.05. The maximum absolute atomic E-state index is 12.8. The molecule has 0 aliphatic heterocycles. The van der Waals surface area contributed by atoms with Gasteiger partial charge in [0, 0.05) is 10.9 Å². The van der Waals surface area contributed by atoms with E-state index < -0.39 is 0 Å². The van der Waals surface area contributed by atoms with Crippen LogP contribution in [0.25, 0.3) is 0 Å². The maximum Gasteiger partial charge on any atom is 0.123 e. The van der Waals surface area contributed by atoms with Crippen molar-refractivity contribution < 1.29 is 4.39 Å². The van der Waals surface area contributed by atoms with Gasteiger partial charge in [-0.1, -0.05) is 23.7 Å². The lowest BCUT2D eigenvalue weighted by Crippen LogP contribution is -2.29. The van der Waals surface area contributed by atoms with Crippen LogP contribution in [-0.2, 0) is 12.8 Å². The molecule has 1 heterocycles. The van der Waals surface area contributed by atoms with Crippen LogP contribution < -0.4 is 5.32 Å². The summed E-state index contributed by atoms with van der Waals surface area (Å²) >= 11 is 7.53. The van der Waals surface area contributed by atoms with Gasteiger partial charge in [0.1, 0.15) is 5.82 Å². The Morgan fingerprint density at radius 3 is 2.44 bits per heavy atom. The van der Waals surface area contributed by atoms with Crippen molar-refractivity contribution in [3.05, 3.63) is 57.0 Å². The van der Waals surface area contributed by atoms with E-state index in [-0.39, 0.29) is 5.82 Å². The first-order valence-corrected chi connectivity index (χ1v) is 7.03.